The number of hydrogen-bond donors (Lipinski definition) is 0. The third-order valence-electron chi connectivity index (χ3n) is 6.10. The van der Waals surface area contributed by atoms with Gasteiger partial charge in [0.2, 0.25) is 15.9 Å². The van der Waals surface area contributed by atoms with Gasteiger partial charge in [-0.2, -0.15) is 9.40 Å². The standard InChI is InChI=1S/C23H27N5O3S/c1-17-6-12-21(13-7-17)32(30,31)28-14-4-5-22(28)23(29)26(3)18(2)19-8-10-20(11-9-19)27-16-24-15-25-27/h6-13,15-16,18,22H,4-5,14H2,1-3H3/t18?,22-/m0/s1. The van der Waals surface area contributed by atoms with Crippen LogP contribution < -0.4 is 0 Å². The highest BCUT2D eigenvalue weighted by Crippen LogP contribution is 2.29. The minimum Gasteiger partial charge on any atom is -0.338 e. The van der Waals surface area contributed by atoms with Gasteiger partial charge >= 0.3 is 0 Å². The molecule has 0 spiro atoms. The number of carbonyl (C=O) groups excluding carboxylic acids is 1. The summed E-state index contributed by atoms with van der Waals surface area (Å²) >= 11 is 0. The molecule has 1 aliphatic rings. The van der Waals surface area contributed by atoms with Gasteiger partial charge in [-0.25, -0.2) is 18.1 Å². The van der Waals surface area contributed by atoms with Gasteiger partial charge in [-0.1, -0.05) is 29.8 Å². The molecule has 0 aliphatic carbocycles. The zero-order chi connectivity index (χ0) is 22.9. The van der Waals surface area contributed by atoms with Gasteiger partial charge < -0.3 is 4.90 Å². The lowest BCUT2D eigenvalue weighted by Crippen LogP contribution is -2.47. The molecule has 3 aromatic rings. The maximum absolute atomic E-state index is 13.4. The highest BCUT2D eigenvalue weighted by Gasteiger charge is 2.41. The van der Waals surface area contributed by atoms with E-state index in [1.807, 2.05) is 38.1 Å². The Kier molecular flexibility index (Phi) is 6.12. The van der Waals surface area contributed by atoms with E-state index in [9.17, 15) is 13.2 Å². The summed E-state index contributed by atoms with van der Waals surface area (Å²) in [6.45, 7) is 4.20. The van der Waals surface area contributed by atoms with Gasteiger partial charge in [0.1, 0.15) is 18.7 Å². The summed E-state index contributed by atoms with van der Waals surface area (Å²) in [5.41, 5.74) is 2.82. The second kappa shape index (κ2) is 8.84. The van der Waals surface area contributed by atoms with Gasteiger partial charge in [0.05, 0.1) is 16.6 Å². The monoisotopic (exact) mass is 453 g/mol. The average Bonchev–Trinajstić information content (AvgIpc) is 3.51. The molecule has 0 saturated carbocycles. The van der Waals surface area contributed by atoms with Crippen molar-refractivity contribution in [1.82, 2.24) is 24.0 Å². The van der Waals surface area contributed by atoms with Crippen molar-refractivity contribution in [3.8, 4) is 5.69 Å². The van der Waals surface area contributed by atoms with Crippen molar-refractivity contribution < 1.29 is 13.2 Å². The molecule has 1 fully saturated rings. The third-order valence-corrected chi connectivity index (χ3v) is 8.03. The van der Waals surface area contributed by atoms with Gasteiger partial charge in [-0.3, -0.25) is 4.79 Å². The van der Waals surface area contributed by atoms with Gasteiger partial charge in [-0.05, 0) is 56.5 Å². The fraction of sp³-hybridized carbons (Fsp3) is 0.348. The van der Waals surface area contributed by atoms with Crippen LogP contribution in [0, 0.1) is 6.92 Å². The van der Waals surface area contributed by atoms with E-state index in [1.165, 1.54) is 10.6 Å². The zero-order valence-electron chi connectivity index (χ0n) is 18.4. The number of likely N-dealkylation sites (N-methyl/N-ethyl adjacent to an activating group) is 1. The second-order valence-corrected chi connectivity index (χ2v) is 10.0. The average molecular weight is 454 g/mol. The van der Waals surface area contributed by atoms with Crippen LogP contribution >= 0.6 is 0 Å². The summed E-state index contributed by atoms with van der Waals surface area (Å²) in [5.74, 6) is -0.189. The fourth-order valence-electron chi connectivity index (χ4n) is 4.02. The summed E-state index contributed by atoms with van der Waals surface area (Å²) in [4.78, 5) is 19.2. The number of carbonyl (C=O) groups is 1. The molecular weight excluding hydrogens is 426 g/mol. The normalized spacial score (nSPS) is 17.9. The number of amides is 1. The Labute approximate surface area is 188 Å². The Morgan fingerprint density at radius 3 is 2.44 bits per heavy atom. The van der Waals surface area contributed by atoms with Gasteiger partial charge in [0.15, 0.2) is 0 Å². The van der Waals surface area contributed by atoms with E-state index in [0.717, 1.165) is 16.8 Å². The minimum atomic E-state index is -3.73. The number of nitrogens with zero attached hydrogens (tertiary/aromatic N) is 5. The first kappa shape index (κ1) is 22.2. The zero-order valence-corrected chi connectivity index (χ0v) is 19.2. The van der Waals surface area contributed by atoms with Crippen molar-refractivity contribution >= 4 is 15.9 Å². The van der Waals surface area contributed by atoms with Crippen LogP contribution in [0.15, 0.2) is 66.1 Å². The van der Waals surface area contributed by atoms with E-state index < -0.39 is 16.1 Å². The minimum absolute atomic E-state index is 0.189. The van der Waals surface area contributed by atoms with Crippen LogP contribution in [0.2, 0.25) is 0 Å². The Morgan fingerprint density at radius 1 is 1.12 bits per heavy atom. The van der Waals surface area contributed by atoms with E-state index in [4.69, 9.17) is 0 Å². The summed E-state index contributed by atoms with van der Waals surface area (Å²) in [5, 5.41) is 4.12. The van der Waals surface area contributed by atoms with E-state index in [-0.39, 0.29) is 16.8 Å². The molecule has 168 valence electrons. The van der Waals surface area contributed by atoms with E-state index >= 15 is 0 Å². The van der Waals surface area contributed by atoms with Gasteiger partial charge in [0.25, 0.3) is 0 Å². The van der Waals surface area contributed by atoms with Crippen LogP contribution in [-0.4, -0.2) is 57.9 Å². The van der Waals surface area contributed by atoms with E-state index in [1.54, 1.807) is 47.2 Å². The van der Waals surface area contributed by atoms with Crippen molar-refractivity contribution in [3.05, 3.63) is 72.3 Å². The molecular formula is C23H27N5O3S. The lowest BCUT2D eigenvalue weighted by molar-refractivity contribution is -0.135. The van der Waals surface area contributed by atoms with Gasteiger partial charge in [0, 0.05) is 13.6 Å². The molecule has 1 aliphatic heterocycles. The van der Waals surface area contributed by atoms with Crippen molar-refractivity contribution in [2.75, 3.05) is 13.6 Å². The van der Waals surface area contributed by atoms with Crippen molar-refractivity contribution in [3.63, 3.8) is 0 Å². The number of aryl methyl sites for hydroxylation is 1. The van der Waals surface area contributed by atoms with Gasteiger partial charge in [-0.15, -0.1) is 0 Å². The molecule has 4 rings (SSSR count). The maximum Gasteiger partial charge on any atom is 0.243 e. The molecule has 0 radical (unpaired) electrons. The lowest BCUT2D eigenvalue weighted by atomic mass is 10.1. The Hall–Kier alpha value is -3.04. The Morgan fingerprint density at radius 2 is 1.81 bits per heavy atom. The largest absolute Gasteiger partial charge is 0.338 e. The molecule has 2 atom stereocenters. The smallest absolute Gasteiger partial charge is 0.243 e. The van der Waals surface area contributed by atoms with Crippen LogP contribution in [-0.2, 0) is 14.8 Å². The van der Waals surface area contributed by atoms with Crippen molar-refractivity contribution in [1.29, 1.82) is 0 Å². The Bertz CT molecular complexity index is 1180. The highest BCUT2D eigenvalue weighted by molar-refractivity contribution is 7.89. The highest BCUT2D eigenvalue weighted by atomic mass is 32.2. The lowest BCUT2D eigenvalue weighted by Gasteiger charge is -2.31. The first-order chi connectivity index (χ1) is 15.3. The van der Waals surface area contributed by atoms with Crippen molar-refractivity contribution in [2.24, 2.45) is 0 Å². The molecule has 8 nitrogen and oxygen atoms in total. The number of aromatic nitrogens is 3. The molecule has 1 aromatic heterocycles. The predicted molar refractivity (Wildman–Crippen MR) is 121 cm³/mol. The maximum atomic E-state index is 13.4. The third kappa shape index (κ3) is 4.18. The molecule has 32 heavy (non-hydrogen) atoms. The predicted octanol–water partition coefficient (Wildman–Crippen LogP) is 2.95. The van der Waals surface area contributed by atoms with Crippen LogP contribution in [0.25, 0.3) is 5.69 Å². The summed E-state index contributed by atoms with van der Waals surface area (Å²) in [6.07, 6.45) is 4.28. The number of rotatable bonds is 6. The first-order valence-electron chi connectivity index (χ1n) is 10.6. The Balaban J connectivity index is 1.51. The molecule has 1 unspecified atom stereocenters. The number of hydrogen-bond acceptors (Lipinski definition) is 5. The molecule has 0 N–H and O–H groups in total. The molecule has 0 bridgehead atoms. The van der Waals surface area contributed by atoms with Crippen LogP contribution in [0.3, 0.4) is 0 Å². The fourth-order valence-corrected chi connectivity index (χ4v) is 5.67. The molecule has 2 heterocycles. The summed E-state index contributed by atoms with van der Waals surface area (Å²) in [7, 11) is -2.00. The SMILES string of the molecule is Cc1ccc(S(=O)(=O)N2CCC[C@H]2C(=O)N(C)C(C)c2ccc(-n3cncn3)cc2)cc1. The van der Waals surface area contributed by atoms with Crippen LogP contribution in [0.4, 0.5) is 0 Å². The van der Waals surface area contributed by atoms with Crippen molar-refractivity contribution in [2.45, 2.75) is 43.7 Å². The van der Waals surface area contributed by atoms with Crippen LogP contribution in [0.5, 0.6) is 0 Å². The number of benzene rings is 2. The van der Waals surface area contributed by atoms with E-state index in [2.05, 4.69) is 10.1 Å². The van der Waals surface area contributed by atoms with E-state index in [0.29, 0.717) is 19.4 Å². The quantitative estimate of drug-likeness (QED) is 0.573. The topological polar surface area (TPSA) is 88.4 Å². The van der Waals surface area contributed by atoms with Crippen LogP contribution in [0.1, 0.15) is 36.9 Å². The number of sulfonamides is 1. The summed E-state index contributed by atoms with van der Waals surface area (Å²) in [6, 6.07) is 13.6. The first-order valence-corrected chi connectivity index (χ1v) is 12.0. The molecule has 1 amide bonds. The molecule has 2 aromatic carbocycles. The molecule has 1 saturated heterocycles. The second-order valence-electron chi connectivity index (χ2n) is 8.14. The summed E-state index contributed by atoms with van der Waals surface area (Å²) < 4.78 is 29.5. The molecule has 9 heteroatoms.